The number of benzene rings is 1. The number of hydrogen-bond acceptors (Lipinski definition) is 2. The van der Waals surface area contributed by atoms with Gasteiger partial charge in [0.25, 0.3) is 0 Å². The Morgan fingerprint density at radius 1 is 1.05 bits per heavy atom. The summed E-state index contributed by atoms with van der Waals surface area (Å²) in [6.45, 7) is 0. The van der Waals surface area contributed by atoms with Gasteiger partial charge in [0.05, 0.1) is 5.41 Å². The highest BCUT2D eigenvalue weighted by molar-refractivity contribution is 7.07. The molecule has 0 amide bonds. The van der Waals surface area contributed by atoms with Crippen LogP contribution in [0.15, 0.2) is 47.2 Å². The van der Waals surface area contributed by atoms with Crippen LogP contribution in [0.4, 0.5) is 0 Å². The minimum Gasteiger partial charge on any atom is -0.299 e. The number of aryl methyl sites for hydroxylation is 1. The Bertz CT molecular complexity index is 565. The summed E-state index contributed by atoms with van der Waals surface area (Å²) in [5, 5.41) is 4.25. The molecule has 1 aliphatic rings. The number of rotatable bonds is 5. The molecule has 1 heterocycles. The molecule has 1 fully saturated rings. The molecule has 0 unspecified atom stereocenters. The van der Waals surface area contributed by atoms with Crippen molar-refractivity contribution in [1.82, 2.24) is 0 Å². The second kappa shape index (κ2) is 6.57. The van der Waals surface area contributed by atoms with Crippen LogP contribution >= 0.6 is 11.3 Å². The molecule has 0 aliphatic heterocycles. The maximum Gasteiger partial charge on any atom is 0.143 e. The predicted molar refractivity (Wildman–Crippen MR) is 88.9 cm³/mol. The molecule has 1 aliphatic carbocycles. The normalized spacial score (nSPS) is 17.5. The van der Waals surface area contributed by atoms with E-state index in [1.54, 1.807) is 11.3 Å². The van der Waals surface area contributed by atoms with Crippen LogP contribution in [0.2, 0.25) is 0 Å². The van der Waals surface area contributed by atoms with Crippen molar-refractivity contribution in [2.24, 2.45) is 0 Å². The van der Waals surface area contributed by atoms with Gasteiger partial charge in [-0.25, -0.2) is 0 Å². The fourth-order valence-electron chi connectivity index (χ4n) is 3.57. The van der Waals surface area contributed by atoms with Crippen molar-refractivity contribution < 1.29 is 4.79 Å². The summed E-state index contributed by atoms with van der Waals surface area (Å²) in [6, 6.07) is 12.6. The smallest absolute Gasteiger partial charge is 0.143 e. The summed E-state index contributed by atoms with van der Waals surface area (Å²) in [5.74, 6) is 0.444. The van der Waals surface area contributed by atoms with E-state index in [9.17, 15) is 4.79 Å². The number of hydrogen-bond donors (Lipinski definition) is 0. The maximum atomic E-state index is 13.0. The molecular formula is C19H22OS. The van der Waals surface area contributed by atoms with Crippen LogP contribution < -0.4 is 0 Å². The second-order valence-corrected chi connectivity index (χ2v) is 6.84. The summed E-state index contributed by atoms with van der Waals surface area (Å²) in [7, 11) is 0. The van der Waals surface area contributed by atoms with Crippen molar-refractivity contribution in [1.29, 1.82) is 0 Å². The van der Waals surface area contributed by atoms with Crippen LogP contribution in [-0.2, 0) is 16.6 Å². The lowest BCUT2D eigenvalue weighted by molar-refractivity contribution is -0.125. The van der Waals surface area contributed by atoms with Gasteiger partial charge in [0.2, 0.25) is 0 Å². The maximum absolute atomic E-state index is 13.0. The molecule has 1 nitrogen and oxygen atoms in total. The minimum atomic E-state index is -0.213. The third-order valence-corrected chi connectivity index (χ3v) is 5.52. The van der Waals surface area contributed by atoms with Crippen molar-refractivity contribution in [3.8, 4) is 0 Å². The van der Waals surface area contributed by atoms with Crippen LogP contribution in [0, 0.1) is 0 Å². The molecule has 110 valence electrons. The number of carbonyl (C=O) groups is 1. The van der Waals surface area contributed by atoms with Crippen LogP contribution in [0.25, 0.3) is 0 Å². The molecule has 0 atom stereocenters. The van der Waals surface area contributed by atoms with E-state index in [4.69, 9.17) is 0 Å². The molecule has 0 N–H and O–H groups in total. The van der Waals surface area contributed by atoms with Crippen molar-refractivity contribution in [3.63, 3.8) is 0 Å². The van der Waals surface area contributed by atoms with E-state index in [1.807, 2.05) is 6.07 Å². The molecule has 1 aromatic carbocycles. The van der Waals surface area contributed by atoms with Crippen LogP contribution in [-0.4, -0.2) is 5.78 Å². The Balaban J connectivity index is 1.80. The van der Waals surface area contributed by atoms with E-state index in [-0.39, 0.29) is 5.41 Å². The van der Waals surface area contributed by atoms with Gasteiger partial charge in [0.15, 0.2) is 0 Å². The lowest BCUT2D eigenvalue weighted by atomic mass is 9.66. The van der Waals surface area contributed by atoms with E-state index in [2.05, 4.69) is 41.1 Å². The van der Waals surface area contributed by atoms with E-state index in [0.717, 1.165) is 19.3 Å². The first-order valence-electron chi connectivity index (χ1n) is 7.91. The highest BCUT2D eigenvalue weighted by atomic mass is 32.1. The first kappa shape index (κ1) is 14.5. The SMILES string of the molecule is O=C(CCc1ccsc1)C1(c2ccccc2)CCCCC1. The summed E-state index contributed by atoms with van der Waals surface area (Å²) in [4.78, 5) is 13.0. The van der Waals surface area contributed by atoms with Crippen molar-refractivity contribution >= 4 is 17.1 Å². The summed E-state index contributed by atoms with van der Waals surface area (Å²) >= 11 is 1.71. The van der Waals surface area contributed by atoms with Gasteiger partial charge in [-0.3, -0.25) is 4.79 Å². The Kier molecular flexibility index (Phi) is 4.54. The third-order valence-electron chi connectivity index (χ3n) is 4.79. The highest BCUT2D eigenvalue weighted by Crippen LogP contribution is 2.41. The van der Waals surface area contributed by atoms with E-state index in [0.29, 0.717) is 12.2 Å². The molecule has 2 aromatic rings. The predicted octanol–water partition coefficient (Wildman–Crippen LogP) is 5.15. The molecule has 0 radical (unpaired) electrons. The molecule has 3 rings (SSSR count). The van der Waals surface area contributed by atoms with Crippen molar-refractivity contribution in [2.45, 2.75) is 50.4 Å². The topological polar surface area (TPSA) is 17.1 Å². The second-order valence-electron chi connectivity index (χ2n) is 6.06. The molecule has 2 heteroatoms. The van der Waals surface area contributed by atoms with Crippen LogP contribution in [0.1, 0.15) is 49.7 Å². The van der Waals surface area contributed by atoms with Crippen molar-refractivity contribution in [2.75, 3.05) is 0 Å². The lowest BCUT2D eigenvalue weighted by Gasteiger charge is -2.36. The van der Waals surface area contributed by atoms with Gasteiger partial charge in [0, 0.05) is 6.42 Å². The molecule has 0 bridgehead atoms. The van der Waals surface area contributed by atoms with Crippen LogP contribution in [0.5, 0.6) is 0 Å². The van der Waals surface area contributed by atoms with E-state index in [1.165, 1.54) is 30.4 Å². The first-order valence-corrected chi connectivity index (χ1v) is 8.85. The largest absolute Gasteiger partial charge is 0.299 e. The zero-order valence-corrected chi connectivity index (χ0v) is 13.2. The van der Waals surface area contributed by atoms with E-state index < -0.39 is 0 Å². The van der Waals surface area contributed by atoms with Gasteiger partial charge >= 0.3 is 0 Å². The summed E-state index contributed by atoms with van der Waals surface area (Å²) < 4.78 is 0. The number of thiophene rings is 1. The average molecular weight is 298 g/mol. The fourth-order valence-corrected chi connectivity index (χ4v) is 4.28. The highest BCUT2D eigenvalue weighted by Gasteiger charge is 2.39. The zero-order chi connectivity index (χ0) is 14.5. The molecule has 1 saturated carbocycles. The zero-order valence-electron chi connectivity index (χ0n) is 12.4. The third kappa shape index (κ3) is 3.11. The van der Waals surface area contributed by atoms with Gasteiger partial charge in [-0.1, -0.05) is 49.6 Å². The quantitative estimate of drug-likeness (QED) is 0.746. The lowest BCUT2D eigenvalue weighted by Crippen LogP contribution is -2.38. The minimum absolute atomic E-state index is 0.213. The van der Waals surface area contributed by atoms with Gasteiger partial charge in [-0.2, -0.15) is 11.3 Å². The Morgan fingerprint density at radius 3 is 2.48 bits per heavy atom. The first-order chi connectivity index (χ1) is 10.3. The molecule has 21 heavy (non-hydrogen) atoms. The Hall–Kier alpha value is -1.41. The molecule has 0 saturated heterocycles. The number of Topliss-reactive ketones (excluding diaryl/α,β-unsaturated/α-hetero) is 1. The number of carbonyl (C=O) groups excluding carboxylic acids is 1. The van der Waals surface area contributed by atoms with Gasteiger partial charge in [-0.05, 0) is 47.2 Å². The van der Waals surface area contributed by atoms with Gasteiger partial charge in [0.1, 0.15) is 5.78 Å². The van der Waals surface area contributed by atoms with Gasteiger partial charge in [-0.15, -0.1) is 0 Å². The standard InChI is InChI=1S/C19H22OS/c20-18(10-9-16-11-14-21-15-16)19(12-5-2-6-13-19)17-7-3-1-4-8-17/h1,3-4,7-8,11,14-15H,2,5-6,9-10,12-13H2. The van der Waals surface area contributed by atoms with Gasteiger partial charge < -0.3 is 0 Å². The monoisotopic (exact) mass is 298 g/mol. The fraction of sp³-hybridized carbons (Fsp3) is 0.421. The molecule has 1 aromatic heterocycles. The van der Waals surface area contributed by atoms with E-state index >= 15 is 0 Å². The van der Waals surface area contributed by atoms with Crippen molar-refractivity contribution in [3.05, 3.63) is 58.3 Å². The summed E-state index contributed by atoms with van der Waals surface area (Å²) in [5.41, 5.74) is 2.32. The summed E-state index contributed by atoms with van der Waals surface area (Å²) in [6.07, 6.45) is 7.24. The molecular weight excluding hydrogens is 276 g/mol. The molecule has 0 spiro atoms. The Morgan fingerprint density at radius 2 is 1.81 bits per heavy atom. The Labute approximate surface area is 131 Å². The van der Waals surface area contributed by atoms with Crippen LogP contribution in [0.3, 0.4) is 0 Å². The number of ketones is 1. The average Bonchev–Trinajstić information content (AvgIpc) is 3.07.